The summed E-state index contributed by atoms with van der Waals surface area (Å²) in [4.78, 5) is 0. The number of hydrogen-bond donors (Lipinski definition) is 2. The molecule has 0 aromatic carbocycles. The Bertz CT molecular complexity index is 268. The van der Waals surface area contributed by atoms with E-state index in [9.17, 15) is 13.5 Å². The number of nitrogens with one attached hydrogen (secondary N) is 1. The van der Waals surface area contributed by atoms with E-state index in [1.807, 2.05) is 0 Å². The Balaban J connectivity index is 2.43. The van der Waals surface area contributed by atoms with Crippen molar-refractivity contribution in [3.05, 3.63) is 0 Å². The molecule has 6 heteroatoms. The molecule has 0 aliphatic heterocycles. The second kappa shape index (κ2) is 5.30. The maximum atomic E-state index is 11.3. The van der Waals surface area contributed by atoms with Gasteiger partial charge < -0.3 is 5.11 Å². The molecule has 0 bridgehead atoms. The van der Waals surface area contributed by atoms with Gasteiger partial charge in [-0.3, -0.25) is 0 Å². The molecular weight excluding hydrogens is 226 g/mol. The van der Waals surface area contributed by atoms with Crippen LogP contribution in [-0.4, -0.2) is 37.3 Å². The van der Waals surface area contributed by atoms with E-state index in [1.54, 1.807) is 0 Å². The van der Waals surface area contributed by atoms with Crippen molar-refractivity contribution in [2.75, 3.05) is 11.6 Å². The van der Waals surface area contributed by atoms with Gasteiger partial charge in [0.25, 0.3) is 0 Å². The quantitative estimate of drug-likeness (QED) is 0.703. The summed E-state index contributed by atoms with van der Waals surface area (Å²) >= 11 is 5.36. The zero-order valence-corrected chi connectivity index (χ0v) is 9.52. The number of aliphatic hydroxyl groups excluding tert-OH is 1. The molecule has 1 aliphatic carbocycles. The van der Waals surface area contributed by atoms with E-state index in [0.717, 1.165) is 19.3 Å². The van der Waals surface area contributed by atoms with Crippen LogP contribution < -0.4 is 4.72 Å². The van der Waals surface area contributed by atoms with E-state index in [1.165, 1.54) is 0 Å². The molecule has 0 radical (unpaired) electrons. The van der Waals surface area contributed by atoms with Crippen LogP contribution in [0.25, 0.3) is 0 Å². The van der Waals surface area contributed by atoms with Gasteiger partial charge >= 0.3 is 0 Å². The van der Waals surface area contributed by atoms with Gasteiger partial charge in [0, 0.05) is 11.9 Å². The zero-order chi connectivity index (χ0) is 10.6. The van der Waals surface area contributed by atoms with E-state index < -0.39 is 10.0 Å². The van der Waals surface area contributed by atoms with Gasteiger partial charge in [-0.15, -0.1) is 11.6 Å². The fraction of sp³-hybridized carbons (Fsp3) is 1.00. The van der Waals surface area contributed by atoms with Gasteiger partial charge in [-0.05, 0) is 25.7 Å². The summed E-state index contributed by atoms with van der Waals surface area (Å²) in [6, 6.07) is -0.119. The number of hydrogen-bond acceptors (Lipinski definition) is 3. The van der Waals surface area contributed by atoms with Gasteiger partial charge in [-0.2, -0.15) is 0 Å². The van der Waals surface area contributed by atoms with Gasteiger partial charge in [0.1, 0.15) is 0 Å². The second-order valence-corrected chi connectivity index (χ2v) is 5.89. The Kier molecular flexibility index (Phi) is 4.63. The van der Waals surface area contributed by atoms with Crippen molar-refractivity contribution in [3.8, 4) is 0 Å². The third-order valence-corrected chi connectivity index (χ3v) is 4.19. The summed E-state index contributed by atoms with van der Waals surface area (Å²) in [6.07, 6.45) is 2.59. The molecule has 0 heterocycles. The molecule has 0 aromatic rings. The van der Waals surface area contributed by atoms with Crippen molar-refractivity contribution >= 4 is 21.6 Å². The first-order valence-corrected chi connectivity index (χ1v) is 6.96. The fourth-order valence-corrected chi connectivity index (χ4v) is 3.34. The van der Waals surface area contributed by atoms with Crippen LogP contribution in [0.2, 0.25) is 0 Å². The van der Waals surface area contributed by atoms with E-state index >= 15 is 0 Å². The van der Waals surface area contributed by atoms with E-state index in [4.69, 9.17) is 11.6 Å². The molecule has 2 unspecified atom stereocenters. The topological polar surface area (TPSA) is 66.4 Å². The summed E-state index contributed by atoms with van der Waals surface area (Å²) in [5.41, 5.74) is 0. The maximum Gasteiger partial charge on any atom is 0.213 e. The number of aliphatic hydroxyl groups is 1. The minimum atomic E-state index is -3.25. The third-order valence-electron chi connectivity index (χ3n) is 2.34. The Labute approximate surface area is 89.7 Å². The summed E-state index contributed by atoms with van der Waals surface area (Å²) < 4.78 is 25.2. The lowest BCUT2D eigenvalue weighted by Gasteiger charge is -2.26. The summed E-state index contributed by atoms with van der Waals surface area (Å²) in [5, 5.41) is 9.35. The lowest BCUT2D eigenvalue weighted by molar-refractivity contribution is 0.117. The van der Waals surface area contributed by atoms with Crippen LogP contribution in [0.3, 0.4) is 0 Å². The number of sulfonamides is 1. The van der Waals surface area contributed by atoms with Crippen LogP contribution in [0.15, 0.2) is 0 Å². The maximum absolute atomic E-state index is 11.3. The Morgan fingerprint density at radius 3 is 2.71 bits per heavy atom. The first-order chi connectivity index (χ1) is 6.53. The van der Waals surface area contributed by atoms with Crippen LogP contribution in [0.5, 0.6) is 0 Å². The molecule has 0 spiro atoms. The van der Waals surface area contributed by atoms with Crippen LogP contribution in [0, 0.1) is 0 Å². The molecule has 4 nitrogen and oxygen atoms in total. The predicted octanol–water partition coefficient (Wildman–Crippen LogP) is 0.448. The van der Waals surface area contributed by atoms with Crippen LogP contribution in [0.1, 0.15) is 25.7 Å². The molecule has 0 saturated heterocycles. The largest absolute Gasteiger partial charge is 0.393 e. The van der Waals surface area contributed by atoms with Crippen LogP contribution in [0.4, 0.5) is 0 Å². The van der Waals surface area contributed by atoms with Gasteiger partial charge in [0.2, 0.25) is 10.0 Å². The highest BCUT2D eigenvalue weighted by Gasteiger charge is 2.23. The lowest BCUT2D eigenvalue weighted by atomic mass is 9.94. The molecule has 1 fully saturated rings. The Morgan fingerprint density at radius 2 is 2.14 bits per heavy atom. The molecule has 0 aromatic heterocycles. The molecule has 1 saturated carbocycles. The SMILES string of the molecule is O=S(=O)(CCCl)NC1CCCC(O)C1. The monoisotopic (exact) mass is 241 g/mol. The van der Waals surface area contributed by atoms with Gasteiger partial charge in [0.15, 0.2) is 0 Å². The average molecular weight is 242 g/mol. The molecule has 2 atom stereocenters. The Morgan fingerprint density at radius 1 is 1.43 bits per heavy atom. The summed E-state index contributed by atoms with van der Waals surface area (Å²) in [5.74, 6) is 0.0474. The minimum Gasteiger partial charge on any atom is -0.393 e. The van der Waals surface area contributed by atoms with Crippen molar-refractivity contribution in [1.29, 1.82) is 0 Å². The highest BCUT2D eigenvalue weighted by atomic mass is 35.5. The number of rotatable bonds is 4. The third kappa shape index (κ3) is 4.13. The molecule has 1 rings (SSSR count). The van der Waals surface area contributed by atoms with Crippen molar-refractivity contribution in [3.63, 3.8) is 0 Å². The summed E-state index contributed by atoms with van der Waals surface area (Å²) in [7, 11) is -3.25. The smallest absolute Gasteiger partial charge is 0.213 e. The standard InChI is InChI=1S/C8H16ClNO3S/c9-4-5-14(12,13)10-7-2-1-3-8(11)6-7/h7-8,10-11H,1-6H2. The number of halogens is 1. The van der Waals surface area contributed by atoms with Gasteiger partial charge in [-0.25, -0.2) is 13.1 Å². The number of alkyl halides is 1. The van der Waals surface area contributed by atoms with Crippen LogP contribution in [-0.2, 0) is 10.0 Å². The van der Waals surface area contributed by atoms with Crippen molar-refractivity contribution in [2.24, 2.45) is 0 Å². The molecule has 0 amide bonds. The highest BCUT2D eigenvalue weighted by molar-refractivity contribution is 7.89. The van der Waals surface area contributed by atoms with E-state index in [2.05, 4.69) is 4.72 Å². The lowest BCUT2D eigenvalue weighted by Crippen LogP contribution is -2.41. The van der Waals surface area contributed by atoms with Gasteiger partial charge in [-0.1, -0.05) is 0 Å². The highest BCUT2D eigenvalue weighted by Crippen LogP contribution is 2.18. The Hall–Kier alpha value is 0.160. The molecule has 14 heavy (non-hydrogen) atoms. The van der Waals surface area contributed by atoms with Crippen molar-refractivity contribution in [2.45, 2.75) is 37.8 Å². The first kappa shape index (κ1) is 12.2. The molecule has 84 valence electrons. The summed E-state index contributed by atoms with van der Waals surface area (Å²) in [6.45, 7) is 0. The molecular formula is C8H16ClNO3S. The normalized spacial score (nSPS) is 29.0. The van der Waals surface area contributed by atoms with Crippen molar-refractivity contribution < 1.29 is 13.5 Å². The van der Waals surface area contributed by atoms with Crippen molar-refractivity contribution in [1.82, 2.24) is 4.72 Å². The average Bonchev–Trinajstić information content (AvgIpc) is 2.02. The first-order valence-electron chi connectivity index (χ1n) is 4.77. The molecule has 2 N–H and O–H groups in total. The minimum absolute atomic E-state index is 0.0544. The molecule has 1 aliphatic rings. The fourth-order valence-electron chi connectivity index (χ4n) is 1.69. The van der Waals surface area contributed by atoms with E-state index in [0.29, 0.717) is 6.42 Å². The van der Waals surface area contributed by atoms with Crippen LogP contribution >= 0.6 is 11.6 Å². The zero-order valence-electron chi connectivity index (χ0n) is 7.95. The van der Waals surface area contributed by atoms with E-state index in [-0.39, 0.29) is 23.8 Å². The second-order valence-electron chi connectivity index (χ2n) is 3.64. The van der Waals surface area contributed by atoms with Gasteiger partial charge in [0.05, 0.1) is 11.9 Å². The predicted molar refractivity (Wildman–Crippen MR) is 55.9 cm³/mol.